The Morgan fingerprint density at radius 1 is 1.12 bits per heavy atom. The molecule has 0 aromatic carbocycles. The van der Waals surface area contributed by atoms with E-state index in [9.17, 15) is 0 Å². The molecule has 0 saturated carbocycles. The SMILES string of the molecule is CCCN(CC)CCN=C(NCC)NC1CC2CCCC(C1)N2C.I. The summed E-state index contributed by atoms with van der Waals surface area (Å²) >= 11 is 0. The molecule has 148 valence electrons. The summed E-state index contributed by atoms with van der Waals surface area (Å²) in [6.07, 6.45) is 7.87. The van der Waals surface area contributed by atoms with Crippen LogP contribution in [-0.2, 0) is 0 Å². The zero-order valence-corrected chi connectivity index (χ0v) is 19.1. The van der Waals surface area contributed by atoms with Crippen LogP contribution in [0.25, 0.3) is 0 Å². The van der Waals surface area contributed by atoms with Gasteiger partial charge in [-0.3, -0.25) is 4.99 Å². The van der Waals surface area contributed by atoms with Crippen molar-refractivity contribution in [3.8, 4) is 0 Å². The van der Waals surface area contributed by atoms with Crippen molar-refractivity contribution < 1.29 is 0 Å². The van der Waals surface area contributed by atoms with Crippen molar-refractivity contribution in [2.45, 2.75) is 77.4 Å². The van der Waals surface area contributed by atoms with E-state index < -0.39 is 0 Å². The third-order valence-corrected chi connectivity index (χ3v) is 5.70. The minimum atomic E-state index is 0. The smallest absolute Gasteiger partial charge is 0.191 e. The van der Waals surface area contributed by atoms with E-state index in [1.807, 2.05) is 0 Å². The molecule has 6 heteroatoms. The van der Waals surface area contributed by atoms with Crippen LogP contribution in [0, 0.1) is 0 Å². The standard InChI is InChI=1S/C19H39N5.HI/c1-5-12-24(7-3)13-11-21-19(20-6-2)22-16-14-17-9-8-10-18(15-16)23(17)4;/h16-18H,5-15H2,1-4H3,(H2,20,21,22);1H. The fourth-order valence-corrected chi connectivity index (χ4v) is 4.29. The molecule has 0 spiro atoms. The monoisotopic (exact) mass is 465 g/mol. The fraction of sp³-hybridized carbons (Fsp3) is 0.947. The molecule has 2 rings (SSSR count). The fourth-order valence-electron chi connectivity index (χ4n) is 4.29. The molecule has 2 aliphatic rings. The molecule has 2 saturated heterocycles. The number of rotatable bonds is 8. The average Bonchev–Trinajstić information content (AvgIpc) is 2.55. The summed E-state index contributed by atoms with van der Waals surface area (Å²) in [5.74, 6) is 1.01. The molecule has 0 radical (unpaired) electrons. The van der Waals surface area contributed by atoms with E-state index in [1.54, 1.807) is 0 Å². The maximum absolute atomic E-state index is 4.83. The van der Waals surface area contributed by atoms with Crippen LogP contribution in [0.1, 0.15) is 59.3 Å². The second-order valence-electron chi connectivity index (χ2n) is 7.41. The maximum atomic E-state index is 4.83. The number of halogens is 1. The normalized spacial score (nSPS) is 27.1. The van der Waals surface area contributed by atoms with Gasteiger partial charge in [-0.15, -0.1) is 24.0 Å². The van der Waals surface area contributed by atoms with E-state index in [2.05, 4.69) is 48.3 Å². The van der Waals surface area contributed by atoms with Gasteiger partial charge in [0.05, 0.1) is 6.54 Å². The van der Waals surface area contributed by atoms with Crippen molar-refractivity contribution in [3.05, 3.63) is 0 Å². The highest BCUT2D eigenvalue weighted by atomic mass is 127. The average molecular weight is 465 g/mol. The minimum Gasteiger partial charge on any atom is -0.357 e. The summed E-state index contributed by atoms with van der Waals surface area (Å²) in [4.78, 5) is 9.93. The predicted octanol–water partition coefficient (Wildman–Crippen LogP) is 2.91. The Morgan fingerprint density at radius 2 is 1.80 bits per heavy atom. The second-order valence-corrected chi connectivity index (χ2v) is 7.41. The maximum Gasteiger partial charge on any atom is 0.191 e. The molecule has 5 nitrogen and oxygen atoms in total. The lowest BCUT2D eigenvalue weighted by Gasteiger charge is -2.47. The number of nitrogens with zero attached hydrogens (tertiary/aromatic N) is 3. The van der Waals surface area contributed by atoms with Gasteiger partial charge in [0.1, 0.15) is 0 Å². The Kier molecular flexibility index (Phi) is 11.3. The van der Waals surface area contributed by atoms with E-state index >= 15 is 0 Å². The van der Waals surface area contributed by atoms with Crippen molar-refractivity contribution in [3.63, 3.8) is 0 Å². The number of guanidine groups is 1. The van der Waals surface area contributed by atoms with E-state index in [4.69, 9.17) is 4.99 Å². The third-order valence-electron chi connectivity index (χ3n) is 5.70. The lowest BCUT2D eigenvalue weighted by atomic mass is 9.82. The first-order valence-corrected chi connectivity index (χ1v) is 10.2. The van der Waals surface area contributed by atoms with Crippen LogP contribution in [0.5, 0.6) is 0 Å². The Labute approximate surface area is 172 Å². The van der Waals surface area contributed by atoms with Crippen molar-refractivity contribution in [1.29, 1.82) is 0 Å². The molecule has 2 N–H and O–H groups in total. The summed E-state index contributed by atoms with van der Waals surface area (Å²) in [6, 6.07) is 2.10. The Morgan fingerprint density at radius 3 is 2.36 bits per heavy atom. The number of hydrogen-bond donors (Lipinski definition) is 2. The molecule has 2 aliphatic heterocycles. The molecule has 0 aliphatic carbocycles. The van der Waals surface area contributed by atoms with Crippen molar-refractivity contribution in [2.24, 2.45) is 4.99 Å². The Balaban J connectivity index is 0.00000312. The van der Waals surface area contributed by atoms with Crippen LogP contribution in [0.2, 0.25) is 0 Å². The van der Waals surface area contributed by atoms with Gasteiger partial charge in [-0.05, 0) is 59.2 Å². The molecule has 25 heavy (non-hydrogen) atoms. The predicted molar refractivity (Wildman–Crippen MR) is 119 cm³/mol. The number of fused-ring (bicyclic) bond motifs is 2. The molecule has 0 aromatic rings. The first kappa shape index (κ1) is 23.0. The Hall–Kier alpha value is -0.0800. The highest BCUT2D eigenvalue weighted by Crippen LogP contribution is 2.32. The first-order chi connectivity index (χ1) is 11.7. The van der Waals surface area contributed by atoms with E-state index in [0.717, 1.165) is 44.2 Å². The molecule has 2 heterocycles. The largest absolute Gasteiger partial charge is 0.357 e. The van der Waals surface area contributed by atoms with Crippen molar-refractivity contribution in [1.82, 2.24) is 20.4 Å². The van der Waals surface area contributed by atoms with Crippen LogP contribution >= 0.6 is 24.0 Å². The first-order valence-electron chi connectivity index (χ1n) is 10.2. The van der Waals surface area contributed by atoms with E-state index in [1.165, 1.54) is 45.1 Å². The second kappa shape index (κ2) is 12.3. The molecule has 2 atom stereocenters. The zero-order chi connectivity index (χ0) is 17.4. The molecule has 0 aromatic heterocycles. The molecule has 2 bridgehead atoms. The number of hydrogen-bond acceptors (Lipinski definition) is 3. The minimum absolute atomic E-state index is 0. The summed E-state index contributed by atoms with van der Waals surface area (Å²) in [7, 11) is 2.32. The van der Waals surface area contributed by atoms with Gasteiger partial charge in [-0.2, -0.15) is 0 Å². The molecule has 0 amide bonds. The van der Waals surface area contributed by atoms with Gasteiger partial charge in [0, 0.05) is 31.2 Å². The van der Waals surface area contributed by atoms with E-state index in [-0.39, 0.29) is 24.0 Å². The molecule has 2 fully saturated rings. The van der Waals surface area contributed by atoms with Gasteiger partial charge in [-0.1, -0.05) is 20.3 Å². The summed E-state index contributed by atoms with van der Waals surface area (Å²) < 4.78 is 0. The molecular weight excluding hydrogens is 425 g/mol. The number of piperidine rings is 2. The topological polar surface area (TPSA) is 42.9 Å². The van der Waals surface area contributed by atoms with Crippen LogP contribution < -0.4 is 10.6 Å². The zero-order valence-electron chi connectivity index (χ0n) is 16.8. The third kappa shape index (κ3) is 7.21. The summed E-state index contributed by atoms with van der Waals surface area (Å²) in [5.41, 5.74) is 0. The van der Waals surface area contributed by atoms with Crippen molar-refractivity contribution >= 4 is 29.9 Å². The molecular formula is C19H40IN5. The number of aliphatic imine (C=N–C) groups is 1. The Bertz CT molecular complexity index is 376. The summed E-state index contributed by atoms with van der Waals surface area (Å²) in [6.45, 7) is 11.8. The van der Waals surface area contributed by atoms with Crippen LogP contribution in [0.4, 0.5) is 0 Å². The molecule has 2 unspecified atom stereocenters. The van der Waals surface area contributed by atoms with Crippen LogP contribution in [0.15, 0.2) is 4.99 Å². The van der Waals surface area contributed by atoms with Gasteiger partial charge >= 0.3 is 0 Å². The van der Waals surface area contributed by atoms with Gasteiger partial charge in [0.2, 0.25) is 0 Å². The van der Waals surface area contributed by atoms with E-state index in [0.29, 0.717) is 6.04 Å². The highest BCUT2D eigenvalue weighted by molar-refractivity contribution is 14.0. The number of nitrogens with one attached hydrogen (secondary N) is 2. The number of likely N-dealkylation sites (N-methyl/N-ethyl adjacent to an activating group) is 1. The van der Waals surface area contributed by atoms with Gasteiger partial charge in [-0.25, -0.2) is 0 Å². The summed E-state index contributed by atoms with van der Waals surface area (Å²) in [5, 5.41) is 7.16. The van der Waals surface area contributed by atoms with Crippen LogP contribution in [-0.4, -0.2) is 73.7 Å². The van der Waals surface area contributed by atoms with Gasteiger partial charge in [0.25, 0.3) is 0 Å². The van der Waals surface area contributed by atoms with Crippen molar-refractivity contribution in [2.75, 3.05) is 39.8 Å². The lowest BCUT2D eigenvalue weighted by molar-refractivity contribution is 0.0526. The highest BCUT2D eigenvalue weighted by Gasteiger charge is 2.36. The van der Waals surface area contributed by atoms with Gasteiger partial charge in [0.15, 0.2) is 5.96 Å². The quantitative estimate of drug-likeness (QED) is 0.329. The van der Waals surface area contributed by atoms with Crippen LogP contribution in [0.3, 0.4) is 0 Å². The lowest BCUT2D eigenvalue weighted by Crippen LogP contribution is -2.56. The van der Waals surface area contributed by atoms with Gasteiger partial charge < -0.3 is 20.4 Å².